The molecular weight excluding hydrogens is 318 g/mol. The Bertz CT molecular complexity index is 742. The number of hydrogen-bond donors (Lipinski definition) is 2. The van der Waals surface area contributed by atoms with E-state index in [1.54, 1.807) is 14.2 Å². The van der Waals surface area contributed by atoms with Crippen LogP contribution in [0.3, 0.4) is 0 Å². The molecule has 0 radical (unpaired) electrons. The lowest BCUT2D eigenvalue weighted by molar-refractivity contribution is 0.177. The topological polar surface area (TPSA) is 85.5 Å². The number of hydrogen-bond acceptors (Lipinski definition) is 7. The lowest BCUT2D eigenvalue weighted by Crippen LogP contribution is -2.42. The summed E-state index contributed by atoms with van der Waals surface area (Å²) < 4.78 is 10.8. The van der Waals surface area contributed by atoms with E-state index >= 15 is 0 Å². The highest BCUT2D eigenvalue weighted by Crippen LogP contribution is 2.34. The quantitative estimate of drug-likeness (QED) is 0.861. The molecule has 0 saturated carbocycles. The zero-order valence-corrected chi connectivity index (χ0v) is 15.4. The fraction of sp³-hybridized carbons (Fsp3) is 0.556. The number of rotatable bonds is 5. The van der Waals surface area contributed by atoms with E-state index in [1.807, 2.05) is 12.1 Å². The molecule has 1 fully saturated rings. The molecule has 0 atom stereocenters. The minimum atomic E-state index is 0.252. The lowest BCUT2D eigenvalue weighted by Gasteiger charge is -2.35. The standard InChI is InChI=1S/C18H27N5O2/c1-11(2)23-7-5-12(6-8-23)20-17-13-9-15(24-3)16(25-4)10-14(13)21-18(19)22-17/h9-12H,5-8H2,1-4H3,(H3,19,20,21,22). The number of nitrogens with one attached hydrogen (secondary N) is 1. The smallest absolute Gasteiger partial charge is 0.222 e. The van der Waals surface area contributed by atoms with Crippen molar-refractivity contribution in [2.45, 2.75) is 38.8 Å². The maximum Gasteiger partial charge on any atom is 0.222 e. The highest BCUT2D eigenvalue weighted by molar-refractivity contribution is 5.92. The molecule has 1 aliphatic rings. The molecule has 2 aromatic rings. The third-order valence-corrected chi connectivity index (χ3v) is 4.82. The van der Waals surface area contributed by atoms with Gasteiger partial charge in [-0.3, -0.25) is 0 Å². The number of nitrogens with two attached hydrogens (primary N) is 1. The van der Waals surface area contributed by atoms with E-state index in [2.05, 4.69) is 34.0 Å². The van der Waals surface area contributed by atoms with Crippen LogP contribution in [0.25, 0.3) is 10.9 Å². The number of piperidine rings is 1. The molecule has 3 N–H and O–H groups in total. The van der Waals surface area contributed by atoms with Crippen LogP contribution in [0.5, 0.6) is 11.5 Å². The second-order valence-electron chi connectivity index (χ2n) is 6.70. The van der Waals surface area contributed by atoms with Crippen molar-refractivity contribution >= 4 is 22.7 Å². The molecule has 3 rings (SSSR count). The van der Waals surface area contributed by atoms with Gasteiger partial charge in [-0.15, -0.1) is 0 Å². The first-order valence-electron chi connectivity index (χ1n) is 8.71. The Kier molecular flexibility index (Phi) is 5.13. The van der Waals surface area contributed by atoms with Crippen molar-refractivity contribution < 1.29 is 9.47 Å². The van der Waals surface area contributed by atoms with Gasteiger partial charge in [0, 0.05) is 36.6 Å². The molecule has 2 heterocycles. The van der Waals surface area contributed by atoms with Gasteiger partial charge in [0.15, 0.2) is 11.5 Å². The number of ether oxygens (including phenoxy) is 2. The first kappa shape index (κ1) is 17.5. The average Bonchev–Trinajstić information content (AvgIpc) is 2.61. The van der Waals surface area contributed by atoms with E-state index in [-0.39, 0.29) is 5.95 Å². The van der Waals surface area contributed by atoms with Crippen molar-refractivity contribution in [1.82, 2.24) is 14.9 Å². The zero-order valence-electron chi connectivity index (χ0n) is 15.4. The van der Waals surface area contributed by atoms with E-state index < -0.39 is 0 Å². The van der Waals surface area contributed by atoms with Crippen LogP contribution in [0, 0.1) is 0 Å². The van der Waals surface area contributed by atoms with Gasteiger partial charge in [-0.05, 0) is 32.8 Å². The van der Waals surface area contributed by atoms with E-state index in [9.17, 15) is 0 Å². The van der Waals surface area contributed by atoms with E-state index in [0.29, 0.717) is 23.6 Å². The number of nitrogen functional groups attached to an aromatic ring is 1. The minimum absolute atomic E-state index is 0.252. The predicted octanol–water partition coefficient (Wildman–Crippen LogP) is 2.51. The number of likely N-dealkylation sites (tertiary alicyclic amines) is 1. The first-order valence-corrected chi connectivity index (χ1v) is 8.71. The molecule has 1 saturated heterocycles. The van der Waals surface area contributed by atoms with Gasteiger partial charge in [0.2, 0.25) is 5.95 Å². The molecular formula is C18H27N5O2. The molecule has 1 aliphatic heterocycles. The van der Waals surface area contributed by atoms with Crippen molar-refractivity contribution in [3.63, 3.8) is 0 Å². The highest BCUT2D eigenvalue weighted by Gasteiger charge is 2.22. The van der Waals surface area contributed by atoms with Crippen LogP contribution >= 0.6 is 0 Å². The maximum absolute atomic E-state index is 5.91. The Hall–Kier alpha value is -2.28. The second-order valence-corrected chi connectivity index (χ2v) is 6.70. The summed E-state index contributed by atoms with van der Waals surface area (Å²) >= 11 is 0. The Morgan fingerprint density at radius 1 is 1.12 bits per heavy atom. The number of benzene rings is 1. The van der Waals surface area contributed by atoms with Gasteiger partial charge in [0.05, 0.1) is 19.7 Å². The van der Waals surface area contributed by atoms with Crippen LogP contribution < -0.4 is 20.5 Å². The Labute approximate surface area is 148 Å². The normalized spacial score (nSPS) is 16.4. The highest BCUT2D eigenvalue weighted by atomic mass is 16.5. The first-order chi connectivity index (χ1) is 12.0. The number of nitrogens with zero attached hydrogens (tertiary/aromatic N) is 3. The molecule has 1 aromatic carbocycles. The third kappa shape index (κ3) is 3.71. The summed E-state index contributed by atoms with van der Waals surface area (Å²) in [5.41, 5.74) is 6.65. The van der Waals surface area contributed by atoms with Crippen LogP contribution in [-0.4, -0.2) is 54.3 Å². The summed E-state index contributed by atoms with van der Waals surface area (Å²) in [7, 11) is 3.23. The van der Waals surface area contributed by atoms with Crippen molar-refractivity contribution in [3.8, 4) is 11.5 Å². The lowest BCUT2D eigenvalue weighted by atomic mass is 10.0. The number of methoxy groups -OCH3 is 2. The molecule has 0 amide bonds. The molecule has 1 aromatic heterocycles. The van der Waals surface area contributed by atoms with Gasteiger partial charge >= 0.3 is 0 Å². The molecule has 136 valence electrons. The number of anilines is 2. The largest absolute Gasteiger partial charge is 0.493 e. The van der Waals surface area contributed by atoms with Gasteiger partial charge in [0.25, 0.3) is 0 Å². The monoisotopic (exact) mass is 345 g/mol. The summed E-state index contributed by atoms with van der Waals surface area (Å²) in [6.07, 6.45) is 2.16. The van der Waals surface area contributed by atoms with Crippen molar-refractivity contribution in [2.75, 3.05) is 38.4 Å². The zero-order chi connectivity index (χ0) is 18.0. The van der Waals surface area contributed by atoms with Crippen LogP contribution in [-0.2, 0) is 0 Å². The van der Waals surface area contributed by atoms with Crippen LogP contribution in [0.4, 0.5) is 11.8 Å². The summed E-state index contributed by atoms with van der Waals surface area (Å²) in [6, 6.07) is 4.70. The minimum Gasteiger partial charge on any atom is -0.493 e. The fourth-order valence-corrected chi connectivity index (χ4v) is 3.34. The molecule has 0 unspecified atom stereocenters. The second kappa shape index (κ2) is 7.31. The molecule has 7 heteroatoms. The summed E-state index contributed by atoms with van der Waals surface area (Å²) in [5, 5.41) is 4.45. The molecule has 25 heavy (non-hydrogen) atoms. The summed E-state index contributed by atoms with van der Waals surface area (Å²) in [5.74, 6) is 2.29. The number of aromatic nitrogens is 2. The Morgan fingerprint density at radius 3 is 2.36 bits per heavy atom. The van der Waals surface area contributed by atoms with Crippen molar-refractivity contribution in [3.05, 3.63) is 12.1 Å². The van der Waals surface area contributed by atoms with E-state index in [1.165, 1.54) is 0 Å². The SMILES string of the molecule is COc1cc2nc(N)nc(NC3CCN(C(C)C)CC3)c2cc1OC. The van der Waals surface area contributed by atoms with Crippen LogP contribution in [0.15, 0.2) is 12.1 Å². The summed E-state index contributed by atoms with van der Waals surface area (Å²) in [4.78, 5) is 11.3. The van der Waals surface area contributed by atoms with Gasteiger partial charge < -0.3 is 25.4 Å². The van der Waals surface area contributed by atoms with Crippen LogP contribution in [0.2, 0.25) is 0 Å². The van der Waals surface area contributed by atoms with E-state index in [0.717, 1.165) is 42.7 Å². The molecule has 0 bridgehead atoms. The van der Waals surface area contributed by atoms with Gasteiger partial charge in [0.1, 0.15) is 5.82 Å². The van der Waals surface area contributed by atoms with E-state index in [4.69, 9.17) is 15.2 Å². The van der Waals surface area contributed by atoms with Gasteiger partial charge in [-0.25, -0.2) is 4.98 Å². The van der Waals surface area contributed by atoms with Gasteiger partial charge in [-0.2, -0.15) is 4.98 Å². The Balaban J connectivity index is 1.88. The summed E-state index contributed by atoms with van der Waals surface area (Å²) in [6.45, 7) is 6.66. The third-order valence-electron chi connectivity index (χ3n) is 4.82. The van der Waals surface area contributed by atoms with Crippen molar-refractivity contribution in [1.29, 1.82) is 0 Å². The average molecular weight is 345 g/mol. The van der Waals surface area contributed by atoms with Gasteiger partial charge in [-0.1, -0.05) is 0 Å². The molecule has 7 nitrogen and oxygen atoms in total. The maximum atomic E-state index is 5.91. The predicted molar refractivity (Wildman–Crippen MR) is 100 cm³/mol. The molecule has 0 aliphatic carbocycles. The fourth-order valence-electron chi connectivity index (χ4n) is 3.34. The number of fused-ring (bicyclic) bond motifs is 1. The Morgan fingerprint density at radius 2 is 1.76 bits per heavy atom. The van der Waals surface area contributed by atoms with Crippen LogP contribution in [0.1, 0.15) is 26.7 Å². The van der Waals surface area contributed by atoms with Crippen molar-refractivity contribution in [2.24, 2.45) is 0 Å². The molecule has 0 spiro atoms.